The van der Waals surface area contributed by atoms with Gasteiger partial charge in [0.2, 0.25) is 5.91 Å². The Morgan fingerprint density at radius 1 is 0.917 bits per heavy atom. The summed E-state index contributed by atoms with van der Waals surface area (Å²) in [4.78, 5) is 12.2. The number of halogens is 1. The van der Waals surface area contributed by atoms with Crippen molar-refractivity contribution in [2.75, 3.05) is 0 Å². The number of benzene rings is 1. The summed E-state index contributed by atoms with van der Waals surface area (Å²) in [6.45, 7) is 0. The van der Waals surface area contributed by atoms with Crippen molar-refractivity contribution in [1.29, 1.82) is 0 Å². The van der Waals surface area contributed by atoms with Crippen LogP contribution in [-0.4, -0.2) is 11.9 Å². The first-order valence-corrected chi connectivity index (χ1v) is 9.86. The minimum absolute atomic E-state index is 0.00739. The van der Waals surface area contributed by atoms with E-state index in [4.69, 9.17) is 11.6 Å². The maximum atomic E-state index is 12.2. The molecule has 132 valence electrons. The van der Waals surface area contributed by atoms with Crippen LogP contribution in [0.2, 0.25) is 5.02 Å². The first-order valence-electron chi connectivity index (χ1n) is 9.49. The SMILES string of the molecule is O=C(/C=C/c1ccccc1Cl)NC1CCCCCCCCCCC1. The van der Waals surface area contributed by atoms with E-state index in [0.717, 1.165) is 18.4 Å². The molecule has 0 saturated heterocycles. The Bertz CT molecular complexity index is 514. The van der Waals surface area contributed by atoms with Crippen LogP contribution in [0, 0.1) is 0 Å². The zero-order chi connectivity index (χ0) is 17.0. The highest BCUT2D eigenvalue weighted by molar-refractivity contribution is 6.32. The predicted molar refractivity (Wildman–Crippen MR) is 103 cm³/mol. The number of carbonyl (C=O) groups is 1. The molecular formula is C21H30ClNO. The Balaban J connectivity index is 1.83. The van der Waals surface area contributed by atoms with Crippen molar-refractivity contribution < 1.29 is 4.79 Å². The molecule has 0 bridgehead atoms. The van der Waals surface area contributed by atoms with E-state index in [1.807, 2.05) is 24.3 Å². The average molecular weight is 348 g/mol. The summed E-state index contributed by atoms with van der Waals surface area (Å²) in [5.41, 5.74) is 0.882. The minimum atomic E-state index is -0.00739. The molecule has 3 heteroatoms. The van der Waals surface area contributed by atoms with E-state index >= 15 is 0 Å². The molecule has 0 aromatic heterocycles. The van der Waals surface area contributed by atoms with Crippen LogP contribution in [0.5, 0.6) is 0 Å². The standard InChI is InChI=1S/C21H30ClNO/c22-20-15-11-10-12-18(20)16-17-21(24)23-19-13-8-6-4-2-1-3-5-7-9-14-19/h10-12,15-17,19H,1-9,13-14H2,(H,23,24)/b17-16+. The van der Waals surface area contributed by atoms with E-state index < -0.39 is 0 Å². The van der Waals surface area contributed by atoms with Crippen molar-refractivity contribution >= 4 is 23.6 Å². The predicted octanol–water partition coefficient (Wildman–Crippen LogP) is 6.14. The molecule has 2 rings (SSSR count). The molecule has 0 radical (unpaired) electrons. The molecule has 1 fully saturated rings. The maximum absolute atomic E-state index is 12.2. The van der Waals surface area contributed by atoms with Crippen LogP contribution in [0.4, 0.5) is 0 Å². The topological polar surface area (TPSA) is 29.1 Å². The van der Waals surface area contributed by atoms with Crippen LogP contribution >= 0.6 is 11.6 Å². The second kappa shape index (κ2) is 11.3. The van der Waals surface area contributed by atoms with Crippen LogP contribution in [0.25, 0.3) is 6.08 Å². The lowest BCUT2D eigenvalue weighted by atomic mass is 9.98. The van der Waals surface area contributed by atoms with Crippen molar-refractivity contribution in [1.82, 2.24) is 5.32 Å². The van der Waals surface area contributed by atoms with Gasteiger partial charge in [-0.3, -0.25) is 4.79 Å². The first kappa shape index (κ1) is 19.1. The maximum Gasteiger partial charge on any atom is 0.244 e. The Labute approximate surface area is 151 Å². The van der Waals surface area contributed by atoms with Crippen LogP contribution < -0.4 is 5.32 Å². The quantitative estimate of drug-likeness (QED) is 0.653. The number of carbonyl (C=O) groups excluding carboxylic acids is 1. The van der Waals surface area contributed by atoms with Crippen LogP contribution in [0.1, 0.15) is 76.2 Å². The number of nitrogens with one attached hydrogen (secondary N) is 1. The molecule has 0 spiro atoms. The summed E-state index contributed by atoms with van der Waals surface area (Å²) < 4.78 is 0. The van der Waals surface area contributed by atoms with Crippen LogP contribution in [0.15, 0.2) is 30.3 Å². The number of hydrogen-bond donors (Lipinski definition) is 1. The number of hydrogen-bond acceptors (Lipinski definition) is 1. The van der Waals surface area contributed by atoms with Gasteiger partial charge in [0.15, 0.2) is 0 Å². The summed E-state index contributed by atoms with van der Waals surface area (Å²) in [6, 6.07) is 7.89. The molecule has 1 N–H and O–H groups in total. The van der Waals surface area contributed by atoms with Crippen molar-refractivity contribution in [3.8, 4) is 0 Å². The summed E-state index contributed by atoms with van der Waals surface area (Å²) in [5, 5.41) is 3.87. The van der Waals surface area contributed by atoms with Gasteiger partial charge in [-0.15, -0.1) is 0 Å². The summed E-state index contributed by atoms with van der Waals surface area (Å²) in [6.07, 6.45) is 17.5. The molecule has 2 nitrogen and oxygen atoms in total. The summed E-state index contributed by atoms with van der Waals surface area (Å²) in [5.74, 6) is -0.00739. The van der Waals surface area contributed by atoms with Gasteiger partial charge >= 0.3 is 0 Å². The van der Waals surface area contributed by atoms with E-state index in [9.17, 15) is 4.79 Å². The third-order valence-electron chi connectivity index (χ3n) is 4.77. The van der Waals surface area contributed by atoms with Gasteiger partial charge in [-0.1, -0.05) is 87.6 Å². The molecule has 1 saturated carbocycles. The third kappa shape index (κ3) is 7.53. The van der Waals surface area contributed by atoms with E-state index in [2.05, 4.69) is 5.32 Å². The molecule has 24 heavy (non-hydrogen) atoms. The third-order valence-corrected chi connectivity index (χ3v) is 5.12. The Kier molecular flexibility index (Phi) is 8.97. The molecule has 0 heterocycles. The molecule has 1 aromatic rings. The molecule has 1 aliphatic rings. The Morgan fingerprint density at radius 2 is 1.46 bits per heavy atom. The molecular weight excluding hydrogens is 318 g/mol. The average Bonchev–Trinajstić information content (AvgIpc) is 2.56. The van der Waals surface area contributed by atoms with Gasteiger partial charge < -0.3 is 5.32 Å². The zero-order valence-electron chi connectivity index (χ0n) is 14.6. The van der Waals surface area contributed by atoms with Gasteiger partial charge in [0.05, 0.1) is 0 Å². The Hall–Kier alpha value is -1.28. The molecule has 0 aliphatic heterocycles. The van der Waals surface area contributed by atoms with Gasteiger partial charge in [-0.25, -0.2) is 0 Å². The fraction of sp³-hybridized carbons (Fsp3) is 0.571. The highest BCUT2D eigenvalue weighted by atomic mass is 35.5. The van der Waals surface area contributed by atoms with Gasteiger partial charge in [0, 0.05) is 17.1 Å². The minimum Gasteiger partial charge on any atom is -0.350 e. The van der Waals surface area contributed by atoms with E-state index in [1.54, 1.807) is 12.2 Å². The lowest BCUT2D eigenvalue weighted by Gasteiger charge is -2.18. The van der Waals surface area contributed by atoms with E-state index in [-0.39, 0.29) is 5.91 Å². The fourth-order valence-corrected chi connectivity index (χ4v) is 3.53. The van der Waals surface area contributed by atoms with E-state index in [0.29, 0.717) is 11.1 Å². The highest BCUT2D eigenvalue weighted by Gasteiger charge is 2.11. The molecule has 1 aliphatic carbocycles. The van der Waals surface area contributed by atoms with Gasteiger partial charge in [-0.2, -0.15) is 0 Å². The van der Waals surface area contributed by atoms with Crippen LogP contribution in [0.3, 0.4) is 0 Å². The Morgan fingerprint density at radius 3 is 2.04 bits per heavy atom. The van der Waals surface area contributed by atoms with Crippen molar-refractivity contribution in [3.05, 3.63) is 40.9 Å². The normalized spacial score (nSPS) is 18.7. The number of amides is 1. The molecule has 1 amide bonds. The fourth-order valence-electron chi connectivity index (χ4n) is 3.33. The second-order valence-corrected chi connectivity index (χ2v) is 7.23. The lowest BCUT2D eigenvalue weighted by Crippen LogP contribution is -2.33. The summed E-state index contributed by atoms with van der Waals surface area (Å²) in [7, 11) is 0. The monoisotopic (exact) mass is 347 g/mol. The molecule has 1 aromatic carbocycles. The zero-order valence-corrected chi connectivity index (χ0v) is 15.4. The smallest absolute Gasteiger partial charge is 0.244 e. The van der Waals surface area contributed by atoms with Gasteiger partial charge in [0.1, 0.15) is 0 Å². The summed E-state index contributed by atoms with van der Waals surface area (Å²) >= 11 is 6.12. The van der Waals surface area contributed by atoms with Crippen molar-refractivity contribution in [2.45, 2.75) is 76.7 Å². The lowest BCUT2D eigenvalue weighted by molar-refractivity contribution is -0.117. The van der Waals surface area contributed by atoms with Gasteiger partial charge in [-0.05, 0) is 30.5 Å². The number of rotatable bonds is 3. The highest BCUT2D eigenvalue weighted by Crippen LogP contribution is 2.18. The van der Waals surface area contributed by atoms with Crippen LogP contribution in [-0.2, 0) is 4.79 Å². The van der Waals surface area contributed by atoms with Gasteiger partial charge in [0.25, 0.3) is 0 Å². The molecule has 0 atom stereocenters. The second-order valence-electron chi connectivity index (χ2n) is 6.82. The first-order chi connectivity index (χ1) is 11.8. The van der Waals surface area contributed by atoms with Crippen molar-refractivity contribution in [2.24, 2.45) is 0 Å². The molecule has 0 unspecified atom stereocenters. The van der Waals surface area contributed by atoms with Crippen molar-refractivity contribution in [3.63, 3.8) is 0 Å². The largest absolute Gasteiger partial charge is 0.350 e. The van der Waals surface area contributed by atoms with E-state index in [1.165, 1.54) is 57.8 Å².